The van der Waals surface area contributed by atoms with Gasteiger partial charge in [-0.25, -0.2) is 0 Å². The largest absolute Gasteiger partial charge is 0.493 e. The zero-order valence-electron chi connectivity index (χ0n) is 16.4. The minimum absolute atomic E-state index is 0.134. The van der Waals surface area contributed by atoms with E-state index in [1.807, 2.05) is 11.0 Å². The van der Waals surface area contributed by atoms with Crippen LogP contribution in [-0.2, 0) is 4.79 Å². The van der Waals surface area contributed by atoms with Gasteiger partial charge in [-0.15, -0.1) is 0 Å². The molecule has 1 aromatic carbocycles. The van der Waals surface area contributed by atoms with E-state index in [0.29, 0.717) is 30.3 Å². The molecule has 1 saturated heterocycles. The van der Waals surface area contributed by atoms with Crippen molar-refractivity contribution in [1.82, 2.24) is 9.47 Å². The summed E-state index contributed by atoms with van der Waals surface area (Å²) in [4.78, 5) is 27.6. The van der Waals surface area contributed by atoms with E-state index in [1.54, 1.807) is 50.8 Å². The molecule has 0 spiro atoms. The summed E-state index contributed by atoms with van der Waals surface area (Å²) in [6, 6.07) is 10.3. The number of carbonyl (C=O) groups is 1. The summed E-state index contributed by atoms with van der Waals surface area (Å²) in [5.74, 6) is 1.04. The third kappa shape index (κ3) is 4.44. The van der Waals surface area contributed by atoms with Gasteiger partial charge in [0, 0.05) is 25.4 Å². The smallest absolute Gasteiger partial charge is 0.270 e. The van der Waals surface area contributed by atoms with E-state index < -0.39 is 0 Å². The highest BCUT2D eigenvalue weighted by atomic mass is 16.5. The minimum Gasteiger partial charge on any atom is -0.493 e. The van der Waals surface area contributed by atoms with Gasteiger partial charge < -0.3 is 14.4 Å². The van der Waals surface area contributed by atoms with Gasteiger partial charge in [-0.3, -0.25) is 14.2 Å². The standard InChI is InChI=1S/C22H26N2O4/c1-27-19-11-10-17(16-20(19)28-2)15-18(24-14-8-5-9-21(24)25)22(26)23-12-6-3-4-7-13-23/h5,8-11,14-16H,3-4,6-7,12-13H2,1-2H3. The van der Waals surface area contributed by atoms with Crippen LogP contribution >= 0.6 is 0 Å². The number of rotatable bonds is 5. The SMILES string of the molecule is COc1ccc(C=C(C(=O)N2CCCCCC2)n2ccccc2=O)cc1OC. The number of pyridine rings is 1. The molecular weight excluding hydrogens is 356 g/mol. The van der Waals surface area contributed by atoms with E-state index in [9.17, 15) is 9.59 Å². The molecule has 0 saturated carbocycles. The molecule has 2 heterocycles. The van der Waals surface area contributed by atoms with E-state index in [0.717, 1.165) is 31.2 Å². The van der Waals surface area contributed by atoms with Crippen LogP contribution in [0.2, 0.25) is 0 Å². The predicted molar refractivity (Wildman–Crippen MR) is 109 cm³/mol. The summed E-state index contributed by atoms with van der Waals surface area (Å²) in [6.45, 7) is 1.42. The summed E-state index contributed by atoms with van der Waals surface area (Å²) < 4.78 is 12.1. The number of carbonyl (C=O) groups excluding carboxylic acids is 1. The molecule has 6 heteroatoms. The zero-order valence-corrected chi connectivity index (χ0v) is 16.4. The molecule has 0 atom stereocenters. The molecule has 28 heavy (non-hydrogen) atoms. The summed E-state index contributed by atoms with van der Waals surface area (Å²) in [6.07, 6.45) is 7.59. The number of hydrogen-bond acceptors (Lipinski definition) is 4. The summed E-state index contributed by atoms with van der Waals surface area (Å²) >= 11 is 0. The highest BCUT2D eigenvalue weighted by Crippen LogP contribution is 2.29. The maximum atomic E-state index is 13.3. The van der Waals surface area contributed by atoms with Crippen LogP contribution in [0, 0.1) is 0 Å². The molecule has 148 valence electrons. The fraction of sp³-hybridized carbons (Fsp3) is 0.364. The van der Waals surface area contributed by atoms with Crippen molar-refractivity contribution in [3.8, 4) is 11.5 Å². The van der Waals surface area contributed by atoms with Gasteiger partial charge in [-0.1, -0.05) is 25.0 Å². The molecule has 1 amide bonds. The Labute approximate surface area is 165 Å². The van der Waals surface area contributed by atoms with Gasteiger partial charge in [0.15, 0.2) is 11.5 Å². The fourth-order valence-electron chi connectivity index (χ4n) is 3.40. The average molecular weight is 382 g/mol. The monoisotopic (exact) mass is 382 g/mol. The molecule has 0 aliphatic carbocycles. The van der Waals surface area contributed by atoms with Gasteiger partial charge in [-0.2, -0.15) is 0 Å². The number of methoxy groups -OCH3 is 2. The first-order chi connectivity index (χ1) is 13.6. The second-order valence-electron chi connectivity index (χ2n) is 6.76. The topological polar surface area (TPSA) is 60.8 Å². The second kappa shape index (κ2) is 9.26. The van der Waals surface area contributed by atoms with Crippen LogP contribution in [0.4, 0.5) is 0 Å². The number of nitrogens with zero attached hydrogens (tertiary/aromatic N) is 2. The van der Waals surface area contributed by atoms with Crippen LogP contribution in [-0.4, -0.2) is 42.7 Å². The number of likely N-dealkylation sites (tertiary alicyclic amines) is 1. The van der Waals surface area contributed by atoms with Gasteiger partial charge in [0.2, 0.25) is 0 Å². The van der Waals surface area contributed by atoms with Gasteiger partial charge in [0.05, 0.1) is 14.2 Å². The zero-order chi connectivity index (χ0) is 19.9. The van der Waals surface area contributed by atoms with Crippen molar-refractivity contribution in [2.24, 2.45) is 0 Å². The maximum absolute atomic E-state index is 13.3. The summed E-state index contributed by atoms with van der Waals surface area (Å²) in [7, 11) is 3.14. The normalized spacial score (nSPS) is 15.1. The Morgan fingerprint density at radius 3 is 2.32 bits per heavy atom. The van der Waals surface area contributed by atoms with Crippen molar-refractivity contribution in [1.29, 1.82) is 0 Å². The Morgan fingerprint density at radius 1 is 0.964 bits per heavy atom. The Kier molecular flexibility index (Phi) is 6.53. The fourth-order valence-corrected chi connectivity index (χ4v) is 3.40. The maximum Gasteiger partial charge on any atom is 0.270 e. The van der Waals surface area contributed by atoms with E-state index >= 15 is 0 Å². The Bertz CT molecular complexity index is 909. The molecule has 0 bridgehead atoms. The first-order valence-electron chi connectivity index (χ1n) is 9.55. The quantitative estimate of drug-likeness (QED) is 0.745. The number of hydrogen-bond donors (Lipinski definition) is 0. The van der Waals surface area contributed by atoms with Crippen LogP contribution in [0.3, 0.4) is 0 Å². The lowest BCUT2D eigenvalue weighted by Gasteiger charge is -2.22. The van der Waals surface area contributed by atoms with Crippen molar-refractivity contribution in [2.75, 3.05) is 27.3 Å². The Hall–Kier alpha value is -3.02. The predicted octanol–water partition coefficient (Wildman–Crippen LogP) is 3.27. The number of benzene rings is 1. The van der Waals surface area contributed by atoms with Crippen molar-refractivity contribution < 1.29 is 14.3 Å². The highest BCUT2D eigenvalue weighted by Gasteiger charge is 2.21. The summed E-state index contributed by atoms with van der Waals surface area (Å²) in [5, 5.41) is 0. The van der Waals surface area contributed by atoms with Gasteiger partial charge in [-0.05, 0) is 42.7 Å². The van der Waals surface area contributed by atoms with Crippen LogP contribution in [0.15, 0.2) is 47.4 Å². The van der Waals surface area contributed by atoms with Crippen LogP contribution in [0.1, 0.15) is 31.2 Å². The molecule has 2 aromatic rings. The first-order valence-corrected chi connectivity index (χ1v) is 9.55. The average Bonchev–Trinajstić information content (AvgIpc) is 3.01. The van der Waals surface area contributed by atoms with E-state index in [1.165, 1.54) is 10.6 Å². The Morgan fingerprint density at radius 2 is 1.68 bits per heavy atom. The van der Waals surface area contributed by atoms with Crippen molar-refractivity contribution >= 4 is 17.7 Å². The van der Waals surface area contributed by atoms with Gasteiger partial charge >= 0.3 is 0 Å². The van der Waals surface area contributed by atoms with E-state index in [-0.39, 0.29) is 11.5 Å². The molecular formula is C22H26N2O4. The molecule has 3 rings (SSSR count). The number of amides is 1. The first kappa shape index (κ1) is 19.7. The Balaban J connectivity index is 2.06. The molecule has 0 radical (unpaired) electrons. The van der Waals surface area contributed by atoms with Gasteiger partial charge in [0.1, 0.15) is 5.70 Å². The molecule has 0 N–H and O–H groups in total. The molecule has 1 aromatic heterocycles. The van der Waals surface area contributed by atoms with Crippen LogP contribution in [0.25, 0.3) is 11.8 Å². The van der Waals surface area contributed by atoms with E-state index in [2.05, 4.69) is 0 Å². The van der Waals surface area contributed by atoms with Crippen LogP contribution in [0.5, 0.6) is 11.5 Å². The van der Waals surface area contributed by atoms with Crippen molar-refractivity contribution in [3.63, 3.8) is 0 Å². The molecule has 1 aliphatic rings. The van der Waals surface area contributed by atoms with E-state index in [4.69, 9.17) is 9.47 Å². The minimum atomic E-state index is -0.239. The van der Waals surface area contributed by atoms with Crippen LogP contribution < -0.4 is 15.0 Å². The third-order valence-corrected chi connectivity index (χ3v) is 4.91. The van der Waals surface area contributed by atoms with Crippen molar-refractivity contribution in [3.05, 3.63) is 58.5 Å². The number of aromatic nitrogens is 1. The number of ether oxygens (including phenoxy) is 2. The molecule has 1 aliphatic heterocycles. The third-order valence-electron chi connectivity index (χ3n) is 4.91. The summed E-state index contributed by atoms with van der Waals surface area (Å²) in [5.41, 5.74) is 0.851. The molecule has 0 unspecified atom stereocenters. The lowest BCUT2D eigenvalue weighted by atomic mass is 10.1. The van der Waals surface area contributed by atoms with Crippen molar-refractivity contribution in [2.45, 2.75) is 25.7 Å². The molecule has 1 fully saturated rings. The lowest BCUT2D eigenvalue weighted by molar-refractivity contribution is -0.125. The lowest BCUT2D eigenvalue weighted by Crippen LogP contribution is -2.36. The van der Waals surface area contributed by atoms with Gasteiger partial charge in [0.25, 0.3) is 11.5 Å². The molecule has 6 nitrogen and oxygen atoms in total. The highest BCUT2D eigenvalue weighted by molar-refractivity contribution is 6.18. The second-order valence-corrected chi connectivity index (χ2v) is 6.76.